The minimum atomic E-state index is -0.729. The Bertz CT molecular complexity index is 846. The minimum absolute atomic E-state index is 0.0728. The van der Waals surface area contributed by atoms with Crippen LogP contribution < -0.4 is 5.32 Å². The normalized spacial score (nSPS) is 10.5. The summed E-state index contributed by atoms with van der Waals surface area (Å²) >= 11 is 0. The van der Waals surface area contributed by atoms with Crippen LogP contribution in [-0.2, 0) is 4.79 Å². The summed E-state index contributed by atoms with van der Waals surface area (Å²) < 4.78 is 0. The fourth-order valence-corrected chi connectivity index (χ4v) is 1.78. The molecule has 8 heteroatoms. The van der Waals surface area contributed by atoms with Gasteiger partial charge in [0.15, 0.2) is 11.4 Å². The maximum Gasteiger partial charge on any atom is 0.337 e. The second-order valence-electron chi connectivity index (χ2n) is 4.89. The zero-order chi connectivity index (χ0) is 17.7. The molecule has 2 aromatic carbocycles. The van der Waals surface area contributed by atoms with Gasteiger partial charge in [0.25, 0.3) is 5.91 Å². The molecule has 0 radical (unpaired) electrons. The molecule has 24 heavy (non-hydrogen) atoms. The molecule has 2 N–H and O–H groups in total. The van der Waals surface area contributed by atoms with Crippen LogP contribution in [-0.4, -0.2) is 15.9 Å². The van der Waals surface area contributed by atoms with Gasteiger partial charge in [0.2, 0.25) is 0 Å². The van der Waals surface area contributed by atoms with Crippen molar-refractivity contribution in [3.8, 4) is 5.75 Å². The number of amides is 1. The number of nitro groups is 1. The molecule has 2 aromatic rings. The fraction of sp³-hybridized carbons (Fsp3) is 0.0625. The summed E-state index contributed by atoms with van der Waals surface area (Å²) in [4.78, 5) is 21.8. The topological polar surface area (TPSA) is 117 Å². The van der Waals surface area contributed by atoms with Crippen LogP contribution in [0.2, 0.25) is 0 Å². The minimum Gasteiger partial charge on any atom is -0.502 e. The number of phenolic OH excluding ortho intramolecular Hbond substituents is 1. The Morgan fingerprint density at radius 2 is 1.96 bits per heavy atom. The van der Waals surface area contributed by atoms with Crippen molar-refractivity contribution in [2.45, 2.75) is 6.92 Å². The van der Waals surface area contributed by atoms with E-state index in [0.29, 0.717) is 16.9 Å². The van der Waals surface area contributed by atoms with Gasteiger partial charge in [-0.15, -0.1) is 5.11 Å². The van der Waals surface area contributed by atoms with Crippen LogP contribution in [0.5, 0.6) is 5.75 Å². The van der Waals surface area contributed by atoms with E-state index in [1.165, 1.54) is 18.2 Å². The molecule has 0 saturated heterocycles. The van der Waals surface area contributed by atoms with Crippen LogP contribution in [0.4, 0.5) is 22.7 Å². The summed E-state index contributed by atoms with van der Waals surface area (Å²) in [7, 11) is 0. The van der Waals surface area contributed by atoms with Crippen LogP contribution in [0.3, 0.4) is 0 Å². The maximum atomic E-state index is 11.6. The van der Waals surface area contributed by atoms with E-state index in [0.717, 1.165) is 0 Å². The number of carbonyl (C=O) groups is 1. The van der Waals surface area contributed by atoms with Gasteiger partial charge in [-0.2, -0.15) is 5.11 Å². The van der Waals surface area contributed by atoms with E-state index in [9.17, 15) is 20.0 Å². The molecule has 0 atom stereocenters. The first-order valence-corrected chi connectivity index (χ1v) is 6.83. The van der Waals surface area contributed by atoms with Crippen molar-refractivity contribution in [1.82, 2.24) is 0 Å². The summed E-state index contributed by atoms with van der Waals surface area (Å²) in [5, 5.41) is 30.9. The Morgan fingerprint density at radius 1 is 1.25 bits per heavy atom. The van der Waals surface area contributed by atoms with Crippen molar-refractivity contribution in [3.05, 3.63) is 64.7 Å². The molecule has 122 valence electrons. The van der Waals surface area contributed by atoms with Gasteiger partial charge in [-0.3, -0.25) is 14.9 Å². The first-order chi connectivity index (χ1) is 11.4. The second kappa shape index (κ2) is 7.14. The van der Waals surface area contributed by atoms with Crippen molar-refractivity contribution in [1.29, 1.82) is 0 Å². The predicted molar refractivity (Wildman–Crippen MR) is 88.8 cm³/mol. The van der Waals surface area contributed by atoms with Gasteiger partial charge in [-0.25, -0.2) is 0 Å². The number of rotatable bonds is 5. The second-order valence-corrected chi connectivity index (χ2v) is 4.89. The molecule has 2 rings (SSSR count). The largest absolute Gasteiger partial charge is 0.502 e. The summed E-state index contributed by atoms with van der Waals surface area (Å²) in [5.74, 6) is -0.813. The lowest BCUT2D eigenvalue weighted by Gasteiger charge is -2.04. The third-order valence-electron chi connectivity index (χ3n) is 2.94. The number of benzene rings is 2. The van der Waals surface area contributed by atoms with Crippen molar-refractivity contribution in [3.63, 3.8) is 0 Å². The number of carbonyl (C=O) groups excluding carboxylic acids is 1. The SMILES string of the molecule is C=C(C)C(=O)Nc1cccc(N=Nc2cccc(O)c2[N+](=O)[O-])c1. The predicted octanol–water partition coefficient (Wildman–Crippen LogP) is 4.23. The summed E-state index contributed by atoms with van der Waals surface area (Å²) in [6, 6.07) is 10.5. The molecule has 0 unspecified atom stereocenters. The molecule has 0 aromatic heterocycles. The summed E-state index contributed by atoms with van der Waals surface area (Å²) in [6.45, 7) is 5.13. The molecular weight excluding hydrogens is 312 g/mol. The third-order valence-corrected chi connectivity index (χ3v) is 2.94. The highest BCUT2D eigenvalue weighted by atomic mass is 16.6. The molecule has 0 heterocycles. The van der Waals surface area contributed by atoms with E-state index in [2.05, 4.69) is 22.1 Å². The molecule has 0 saturated carbocycles. The van der Waals surface area contributed by atoms with Crippen molar-refractivity contribution >= 4 is 28.7 Å². The Morgan fingerprint density at radius 3 is 2.62 bits per heavy atom. The smallest absolute Gasteiger partial charge is 0.337 e. The lowest BCUT2D eigenvalue weighted by atomic mass is 10.2. The lowest BCUT2D eigenvalue weighted by molar-refractivity contribution is -0.385. The van der Waals surface area contributed by atoms with E-state index in [1.54, 1.807) is 31.2 Å². The Balaban J connectivity index is 2.28. The van der Waals surface area contributed by atoms with Gasteiger partial charge in [-0.1, -0.05) is 18.7 Å². The number of azo groups is 1. The van der Waals surface area contributed by atoms with Gasteiger partial charge in [0.1, 0.15) is 0 Å². The van der Waals surface area contributed by atoms with Crippen LogP contribution in [0.15, 0.2) is 64.8 Å². The van der Waals surface area contributed by atoms with E-state index in [4.69, 9.17) is 0 Å². The number of anilines is 1. The van der Waals surface area contributed by atoms with Gasteiger partial charge in [-0.05, 0) is 37.3 Å². The fourth-order valence-electron chi connectivity index (χ4n) is 1.78. The number of hydrogen-bond acceptors (Lipinski definition) is 6. The van der Waals surface area contributed by atoms with Crippen molar-refractivity contribution in [2.24, 2.45) is 10.2 Å². The molecule has 0 aliphatic rings. The number of nitro benzene ring substituents is 1. The van der Waals surface area contributed by atoms with E-state index < -0.39 is 16.4 Å². The molecule has 0 fully saturated rings. The number of nitrogens with zero attached hydrogens (tertiary/aromatic N) is 3. The van der Waals surface area contributed by atoms with Gasteiger partial charge in [0.05, 0.1) is 10.6 Å². The van der Waals surface area contributed by atoms with Crippen molar-refractivity contribution in [2.75, 3.05) is 5.32 Å². The van der Waals surface area contributed by atoms with Crippen molar-refractivity contribution < 1.29 is 14.8 Å². The Labute approximate surface area is 137 Å². The Kier molecular flexibility index (Phi) is 5.00. The standard InChI is InChI=1S/C16H14N4O4/c1-10(2)16(22)17-11-5-3-6-12(9-11)18-19-13-7-4-8-14(21)15(13)20(23)24/h3-9,21H,1H2,2H3,(H,17,22). The van der Waals surface area contributed by atoms with Crippen LogP contribution in [0.1, 0.15) is 6.92 Å². The monoisotopic (exact) mass is 326 g/mol. The molecule has 8 nitrogen and oxygen atoms in total. The molecule has 0 aliphatic carbocycles. The van der Waals surface area contributed by atoms with E-state index in [1.807, 2.05) is 0 Å². The first kappa shape index (κ1) is 16.8. The zero-order valence-corrected chi connectivity index (χ0v) is 12.8. The highest BCUT2D eigenvalue weighted by Gasteiger charge is 2.19. The summed E-state index contributed by atoms with van der Waals surface area (Å²) in [5.41, 5.74) is 0.638. The third kappa shape index (κ3) is 4.01. The van der Waals surface area contributed by atoms with E-state index in [-0.39, 0.29) is 11.6 Å². The number of para-hydroxylation sites is 1. The number of hydrogen-bond donors (Lipinski definition) is 2. The lowest BCUT2D eigenvalue weighted by Crippen LogP contribution is -2.11. The van der Waals surface area contributed by atoms with Crippen LogP contribution in [0.25, 0.3) is 0 Å². The Hall–Kier alpha value is -3.55. The molecular formula is C16H14N4O4. The van der Waals surface area contributed by atoms with Crippen LogP contribution >= 0.6 is 0 Å². The first-order valence-electron chi connectivity index (χ1n) is 6.83. The number of aromatic hydroxyl groups is 1. The molecule has 0 aliphatic heterocycles. The van der Waals surface area contributed by atoms with Gasteiger partial charge in [0, 0.05) is 11.3 Å². The number of nitrogens with one attached hydrogen (secondary N) is 1. The number of phenols is 1. The van der Waals surface area contributed by atoms with Crippen LogP contribution in [0, 0.1) is 10.1 Å². The average Bonchev–Trinajstić information content (AvgIpc) is 2.52. The molecule has 0 spiro atoms. The highest BCUT2D eigenvalue weighted by molar-refractivity contribution is 6.02. The highest BCUT2D eigenvalue weighted by Crippen LogP contribution is 2.36. The molecule has 0 bridgehead atoms. The van der Waals surface area contributed by atoms with Gasteiger partial charge < -0.3 is 10.4 Å². The van der Waals surface area contributed by atoms with E-state index >= 15 is 0 Å². The van der Waals surface area contributed by atoms with Gasteiger partial charge >= 0.3 is 5.69 Å². The average molecular weight is 326 g/mol. The zero-order valence-electron chi connectivity index (χ0n) is 12.8. The maximum absolute atomic E-state index is 11.6. The summed E-state index contributed by atoms with van der Waals surface area (Å²) in [6.07, 6.45) is 0. The molecule has 1 amide bonds. The quantitative estimate of drug-likeness (QED) is 0.370.